The molecule has 2 rings (SSSR count). The summed E-state index contributed by atoms with van der Waals surface area (Å²) in [5.41, 5.74) is 4.56. The van der Waals surface area contributed by atoms with Gasteiger partial charge >= 0.3 is 6.18 Å². The number of anilines is 1. The number of hydrogen-bond donors (Lipinski definition) is 1. The first-order chi connectivity index (χ1) is 9.40. The molecule has 0 aromatic heterocycles. The van der Waals surface area contributed by atoms with E-state index in [1.165, 1.54) is 12.1 Å². The molecule has 2 N–H and O–H groups in total. The standard InChI is InChI=1S/C14H12F3NOS/c1-20-11-5-3-10(4-6-11)19-13-7-2-9(18)8-12(13)14(15,16)17/h2-8H,18H2,1H3. The number of nitrogen functional groups attached to an aromatic ring is 1. The summed E-state index contributed by atoms with van der Waals surface area (Å²) in [7, 11) is 0. The summed E-state index contributed by atoms with van der Waals surface area (Å²) in [5.74, 6) is 0.0849. The van der Waals surface area contributed by atoms with Crippen molar-refractivity contribution in [2.75, 3.05) is 12.0 Å². The Balaban J connectivity index is 2.32. The van der Waals surface area contributed by atoms with E-state index in [4.69, 9.17) is 10.5 Å². The van der Waals surface area contributed by atoms with E-state index in [2.05, 4.69) is 0 Å². The smallest absolute Gasteiger partial charge is 0.420 e. The maximum absolute atomic E-state index is 12.9. The van der Waals surface area contributed by atoms with Gasteiger partial charge in [0.25, 0.3) is 0 Å². The fourth-order valence-electron chi connectivity index (χ4n) is 1.63. The number of alkyl halides is 3. The Kier molecular flexibility index (Phi) is 4.13. The predicted molar refractivity (Wildman–Crippen MR) is 74.2 cm³/mol. The van der Waals surface area contributed by atoms with Crippen LogP contribution in [0.15, 0.2) is 47.4 Å². The van der Waals surface area contributed by atoms with Gasteiger partial charge in [-0.3, -0.25) is 0 Å². The van der Waals surface area contributed by atoms with Crippen molar-refractivity contribution in [3.8, 4) is 11.5 Å². The van der Waals surface area contributed by atoms with Crippen molar-refractivity contribution in [2.24, 2.45) is 0 Å². The number of benzene rings is 2. The zero-order valence-electron chi connectivity index (χ0n) is 10.6. The molecule has 106 valence electrons. The fraction of sp³-hybridized carbons (Fsp3) is 0.143. The minimum atomic E-state index is -4.51. The van der Waals surface area contributed by atoms with Gasteiger partial charge in [-0.05, 0) is 48.7 Å². The van der Waals surface area contributed by atoms with Gasteiger partial charge in [0.15, 0.2) is 0 Å². The van der Waals surface area contributed by atoms with Crippen molar-refractivity contribution in [1.82, 2.24) is 0 Å². The molecule has 0 atom stereocenters. The maximum Gasteiger partial charge on any atom is 0.420 e. The second kappa shape index (κ2) is 5.66. The molecule has 0 aliphatic heterocycles. The van der Waals surface area contributed by atoms with Gasteiger partial charge in [-0.25, -0.2) is 0 Å². The maximum atomic E-state index is 12.9. The topological polar surface area (TPSA) is 35.2 Å². The Labute approximate surface area is 118 Å². The van der Waals surface area contributed by atoms with Crippen LogP contribution in [0.1, 0.15) is 5.56 Å². The zero-order valence-corrected chi connectivity index (χ0v) is 11.4. The average molecular weight is 299 g/mol. The lowest BCUT2D eigenvalue weighted by molar-refractivity contribution is -0.138. The van der Waals surface area contributed by atoms with Gasteiger partial charge in [-0.2, -0.15) is 13.2 Å². The molecular weight excluding hydrogens is 287 g/mol. The highest BCUT2D eigenvalue weighted by molar-refractivity contribution is 7.98. The third kappa shape index (κ3) is 3.39. The van der Waals surface area contributed by atoms with E-state index in [-0.39, 0.29) is 11.4 Å². The molecule has 0 aliphatic rings. The van der Waals surface area contributed by atoms with Crippen molar-refractivity contribution >= 4 is 17.4 Å². The van der Waals surface area contributed by atoms with Crippen molar-refractivity contribution in [2.45, 2.75) is 11.1 Å². The summed E-state index contributed by atoms with van der Waals surface area (Å²) < 4.78 is 44.0. The zero-order chi connectivity index (χ0) is 14.8. The SMILES string of the molecule is CSc1ccc(Oc2ccc(N)cc2C(F)(F)F)cc1. The van der Waals surface area contributed by atoms with E-state index in [9.17, 15) is 13.2 Å². The number of ether oxygens (including phenoxy) is 1. The number of halogens is 3. The van der Waals surface area contributed by atoms with Crippen LogP contribution >= 0.6 is 11.8 Å². The summed E-state index contributed by atoms with van der Waals surface area (Å²) in [6, 6.07) is 10.3. The third-order valence-corrected chi connectivity index (χ3v) is 3.34. The molecule has 0 spiro atoms. The minimum absolute atomic E-state index is 0.0439. The molecule has 6 heteroatoms. The van der Waals surface area contributed by atoms with Gasteiger partial charge in [0.2, 0.25) is 0 Å². The highest BCUT2D eigenvalue weighted by atomic mass is 32.2. The van der Waals surface area contributed by atoms with Crippen LogP contribution in [0.25, 0.3) is 0 Å². The van der Waals surface area contributed by atoms with E-state index in [0.29, 0.717) is 5.75 Å². The molecule has 0 saturated carbocycles. The normalized spacial score (nSPS) is 11.4. The van der Waals surface area contributed by atoms with E-state index in [1.54, 1.807) is 36.0 Å². The van der Waals surface area contributed by atoms with Crippen molar-refractivity contribution in [1.29, 1.82) is 0 Å². The molecule has 0 unspecified atom stereocenters. The van der Waals surface area contributed by atoms with Crippen LogP contribution in [0.5, 0.6) is 11.5 Å². The van der Waals surface area contributed by atoms with Gasteiger partial charge in [0.1, 0.15) is 17.1 Å². The second-order valence-electron chi connectivity index (χ2n) is 4.03. The average Bonchev–Trinajstić information content (AvgIpc) is 2.40. The van der Waals surface area contributed by atoms with Gasteiger partial charge in [0.05, 0.1) is 0 Å². The monoisotopic (exact) mass is 299 g/mol. The first kappa shape index (κ1) is 14.6. The first-order valence-electron chi connectivity index (χ1n) is 5.69. The lowest BCUT2D eigenvalue weighted by atomic mass is 10.1. The highest BCUT2D eigenvalue weighted by Crippen LogP contribution is 2.39. The number of thioether (sulfide) groups is 1. The Bertz CT molecular complexity index is 596. The van der Waals surface area contributed by atoms with Crippen LogP contribution in [0.3, 0.4) is 0 Å². The van der Waals surface area contributed by atoms with Crippen LogP contribution in [0, 0.1) is 0 Å². The summed E-state index contributed by atoms with van der Waals surface area (Å²) in [6.45, 7) is 0. The van der Waals surface area contributed by atoms with Crippen molar-refractivity contribution in [3.63, 3.8) is 0 Å². The summed E-state index contributed by atoms with van der Waals surface area (Å²) in [6.07, 6.45) is -2.60. The number of nitrogens with two attached hydrogens (primary N) is 1. The first-order valence-corrected chi connectivity index (χ1v) is 6.91. The van der Waals surface area contributed by atoms with Crippen LogP contribution in [0.2, 0.25) is 0 Å². The lowest BCUT2D eigenvalue weighted by Gasteiger charge is -2.14. The van der Waals surface area contributed by atoms with E-state index >= 15 is 0 Å². The van der Waals surface area contributed by atoms with Gasteiger partial charge in [-0.1, -0.05) is 0 Å². The van der Waals surface area contributed by atoms with E-state index in [1.807, 2.05) is 6.26 Å². The molecule has 0 fully saturated rings. The van der Waals surface area contributed by atoms with Gasteiger partial charge in [0, 0.05) is 10.6 Å². The molecule has 0 aliphatic carbocycles. The molecular formula is C14H12F3NOS. The number of rotatable bonds is 3. The van der Waals surface area contributed by atoms with Crippen LogP contribution < -0.4 is 10.5 Å². The van der Waals surface area contributed by atoms with Gasteiger partial charge < -0.3 is 10.5 Å². The Morgan fingerprint density at radius 3 is 2.25 bits per heavy atom. The quantitative estimate of drug-likeness (QED) is 0.653. The number of hydrogen-bond acceptors (Lipinski definition) is 3. The molecule has 0 bridgehead atoms. The summed E-state index contributed by atoms with van der Waals surface area (Å²) in [5, 5.41) is 0. The molecule has 2 nitrogen and oxygen atoms in total. The molecule has 0 saturated heterocycles. The predicted octanol–water partition coefficient (Wildman–Crippen LogP) is 4.80. The molecule has 0 heterocycles. The summed E-state index contributed by atoms with van der Waals surface area (Å²) in [4.78, 5) is 1.01. The molecule has 0 radical (unpaired) electrons. The molecule has 0 amide bonds. The van der Waals surface area contributed by atoms with Crippen molar-refractivity contribution < 1.29 is 17.9 Å². The van der Waals surface area contributed by atoms with Crippen LogP contribution in [0.4, 0.5) is 18.9 Å². The van der Waals surface area contributed by atoms with Gasteiger partial charge in [-0.15, -0.1) is 11.8 Å². The molecule has 2 aromatic carbocycles. The lowest BCUT2D eigenvalue weighted by Crippen LogP contribution is -2.08. The Morgan fingerprint density at radius 1 is 1.05 bits per heavy atom. The fourth-order valence-corrected chi connectivity index (χ4v) is 2.04. The van der Waals surface area contributed by atoms with E-state index < -0.39 is 11.7 Å². The van der Waals surface area contributed by atoms with Crippen molar-refractivity contribution in [3.05, 3.63) is 48.0 Å². The second-order valence-corrected chi connectivity index (χ2v) is 4.91. The Morgan fingerprint density at radius 2 is 1.70 bits per heavy atom. The highest BCUT2D eigenvalue weighted by Gasteiger charge is 2.34. The van der Waals surface area contributed by atoms with Crippen LogP contribution in [-0.4, -0.2) is 6.26 Å². The van der Waals surface area contributed by atoms with E-state index in [0.717, 1.165) is 11.0 Å². The van der Waals surface area contributed by atoms with Crippen LogP contribution in [-0.2, 0) is 6.18 Å². The largest absolute Gasteiger partial charge is 0.457 e. The Hall–Kier alpha value is -1.82. The third-order valence-electron chi connectivity index (χ3n) is 2.60. The molecule has 2 aromatic rings. The molecule has 20 heavy (non-hydrogen) atoms. The summed E-state index contributed by atoms with van der Waals surface area (Å²) >= 11 is 1.54. The minimum Gasteiger partial charge on any atom is -0.457 e.